The third-order valence-corrected chi connectivity index (χ3v) is 5.36. The number of nitrogens with zero attached hydrogens (tertiary/aromatic N) is 2. The van der Waals surface area contributed by atoms with Crippen LogP contribution >= 0.6 is 0 Å². The van der Waals surface area contributed by atoms with Crippen LogP contribution in [-0.4, -0.2) is 23.0 Å². The zero-order valence-electron chi connectivity index (χ0n) is 11.9. The minimum atomic E-state index is 0.376. The van der Waals surface area contributed by atoms with E-state index in [0.29, 0.717) is 5.41 Å². The molecule has 0 bridgehead atoms. The molecule has 1 saturated heterocycles. The number of likely N-dealkylation sites (tertiary alicyclic amines) is 1. The molecule has 0 spiro atoms. The number of hydrogen-bond acceptors (Lipinski definition) is 2. The Morgan fingerprint density at radius 3 is 2.50 bits per heavy atom. The summed E-state index contributed by atoms with van der Waals surface area (Å²) in [7, 11) is 0. The van der Waals surface area contributed by atoms with Gasteiger partial charge in [-0.15, -0.1) is 0 Å². The standard InChI is InChI=1S/C18H20N2/c1-18(15-8-5-9-19-10-15)16-12-20(13-17(16)18)11-14-6-3-2-4-7-14/h2-10,16-17H,11-13H2,1H3. The van der Waals surface area contributed by atoms with Crippen molar-refractivity contribution in [2.24, 2.45) is 11.8 Å². The first-order valence-corrected chi connectivity index (χ1v) is 7.45. The second kappa shape index (κ2) is 4.42. The minimum absolute atomic E-state index is 0.376. The molecule has 2 nitrogen and oxygen atoms in total. The van der Waals surface area contributed by atoms with E-state index in [0.717, 1.165) is 18.4 Å². The van der Waals surface area contributed by atoms with Gasteiger partial charge >= 0.3 is 0 Å². The molecule has 20 heavy (non-hydrogen) atoms. The summed E-state index contributed by atoms with van der Waals surface area (Å²) in [6.07, 6.45) is 3.92. The fourth-order valence-electron chi connectivity index (χ4n) is 4.04. The van der Waals surface area contributed by atoms with Crippen molar-refractivity contribution < 1.29 is 0 Å². The zero-order valence-corrected chi connectivity index (χ0v) is 11.9. The summed E-state index contributed by atoms with van der Waals surface area (Å²) in [5, 5.41) is 0. The Morgan fingerprint density at radius 2 is 1.85 bits per heavy atom. The van der Waals surface area contributed by atoms with E-state index in [1.807, 2.05) is 6.20 Å². The molecule has 2 heteroatoms. The van der Waals surface area contributed by atoms with Gasteiger partial charge in [0.05, 0.1) is 0 Å². The van der Waals surface area contributed by atoms with Gasteiger partial charge in [-0.25, -0.2) is 0 Å². The second-order valence-corrected chi connectivity index (χ2v) is 6.42. The maximum Gasteiger partial charge on any atom is 0.0305 e. The Morgan fingerprint density at radius 1 is 1.10 bits per heavy atom. The van der Waals surface area contributed by atoms with Crippen molar-refractivity contribution in [2.45, 2.75) is 18.9 Å². The van der Waals surface area contributed by atoms with Gasteiger partial charge in [-0.05, 0) is 29.0 Å². The normalized spacial score (nSPS) is 32.0. The molecule has 102 valence electrons. The van der Waals surface area contributed by atoms with Crippen molar-refractivity contribution in [1.82, 2.24) is 9.88 Å². The lowest BCUT2D eigenvalue weighted by molar-refractivity contribution is 0.270. The summed E-state index contributed by atoms with van der Waals surface area (Å²) in [5.41, 5.74) is 3.23. The van der Waals surface area contributed by atoms with Crippen molar-refractivity contribution >= 4 is 0 Å². The van der Waals surface area contributed by atoms with Crippen LogP contribution in [0.4, 0.5) is 0 Å². The number of fused-ring (bicyclic) bond motifs is 1. The molecule has 2 unspecified atom stereocenters. The molecule has 0 amide bonds. The number of hydrogen-bond donors (Lipinski definition) is 0. The summed E-state index contributed by atoms with van der Waals surface area (Å²) in [6.45, 7) is 5.96. The Hall–Kier alpha value is -1.67. The summed E-state index contributed by atoms with van der Waals surface area (Å²) in [5.74, 6) is 1.63. The van der Waals surface area contributed by atoms with E-state index in [-0.39, 0.29) is 0 Å². The third-order valence-electron chi connectivity index (χ3n) is 5.36. The van der Waals surface area contributed by atoms with Crippen LogP contribution in [-0.2, 0) is 12.0 Å². The van der Waals surface area contributed by atoms with E-state index in [2.05, 4.69) is 65.5 Å². The molecule has 2 heterocycles. The Bertz CT molecular complexity index is 581. The highest BCUT2D eigenvalue weighted by atomic mass is 15.2. The van der Waals surface area contributed by atoms with E-state index in [9.17, 15) is 0 Å². The molecule has 2 atom stereocenters. The smallest absolute Gasteiger partial charge is 0.0305 e. The summed E-state index contributed by atoms with van der Waals surface area (Å²) in [6, 6.07) is 15.1. The van der Waals surface area contributed by atoms with Crippen molar-refractivity contribution in [3.63, 3.8) is 0 Å². The number of aromatic nitrogens is 1. The van der Waals surface area contributed by atoms with Crippen LogP contribution in [0.1, 0.15) is 18.1 Å². The topological polar surface area (TPSA) is 16.1 Å². The Balaban J connectivity index is 1.44. The molecule has 0 radical (unpaired) electrons. The van der Waals surface area contributed by atoms with Gasteiger partial charge in [0.1, 0.15) is 0 Å². The highest BCUT2D eigenvalue weighted by molar-refractivity contribution is 5.36. The number of pyridine rings is 1. The molecule has 2 fully saturated rings. The zero-order chi connectivity index (χ0) is 13.6. The number of piperidine rings is 1. The van der Waals surface area contributed by atoms with Crippen LogP contribution < -0.4 is 0 Å². The van der Waals surface area contributed by atoms with Gasteiger partial charge in [0, 0.05) is 37.4 Å². The molecular formula is C18H20N2. The van der Waals surface area contributed by atoms with Gasteiger partial charge in [-0.1, -0.05) is 43.3 Å². The predicted octanol–water partition coefficient (Wildman–Crippen LogP) is 3.10. The van der Waals surface area contributed by atoms with Crippen molar-refractivity contribution in [1.29, 1.82) is 0 Å². The largest absolute Gasteiger partial charge is 0.298 e. The lowest BCUT2D eigenvalue weighted by Crippen LogP contribution is -2.28. The first-order chi connectivity index (χ1) is 9.78. The van der Waals surface area contributed by atoms with Gasteiger partial charge < -0.3 is 0 Å². The maximum absolute atomic E-state index is 4.29. The minimum Gasteiger partial charge on any atom is -0.298 e. The molecule has 0 N–H and O–H groups in total. The summed E-state index contributed by atoms with van der Waals surface area (Å²) in [4.78, 5) is 6.89. The third kappa shape index (κ3) is 1.79. The monoisotopic (exact) mass is 264 g/mol. The Labute approximate surface area is 120 Å². The highest BCUT2D eigenvalue weighted by Crippen LogP contribution is 2.63. The SMILES string of the molecule is CC1(c2cccnc2)C2CN(Cc3ccccc3)CC21. The van der Waals surface area contributed by atoms with Crippen LogP contribution in [0, 0.1) is 11.8 Å². The van der Waals surface area contributed by atoms with Gasteiger partial charge in [0.2, 0.25) is 0 Å². The molecule has 1 saturated carbocycles. The van der Waals surface area contributed by atoms with Crippen LogP contribution in [0.5, 0.6) is 0 Å². The molecule has 1 aromatic carbocycles. The Kier molecular flexibility index (Phi) is 2.67. The molecule has 4 rings (SSSR count). The molecule has 2 aromatic rings. The first kappa shape index (κ1) is 12.1. The molecular weight excluding hydrogens is 244 g/mol. The van der Waals surface area contributed by atoms with E-state index in [1.54, 1.807) is 0 Å². The van der Waals surface area contributed by atoms with Crippen LogP contribution in [0.15, 0.2) is 54.9 Å². The lowest BCUT2D eigenvalue weighted by Gasteiger charge is -2.24. The van der Waals surface area contributed by atoms with Crippen LogP contribution in [0.2, 0.25) is 0 Å². The first-order valence-electron chi connectivity index (χ1n) is 7.45. The van der Waals surface area contributed by atoms with Gasteiger partial charge in [-0.3, -0.25) is 9.88 Å². The average molecular weight is 264 g/mol. The van der Waals surface area contributed by atoms with E-state index in [1.165, 1.54) is 24.2 Å². The van der Waals surface area contributed by atoms with E-state index in [4.69, 9.17) is 0 Å². The van der Waals surface area contributed by atoms with Gasteiger partial charge in [0.15, 0.2) is 0 Å². The molecule has 1 aromatic heterocycles. The number of rotatable bonds is 3. The molecule has 1 aliphatic carbocycles. The highest BCUT2D eigenvalue weighted by Gasteiger charge is 2.65. The van der Waals surface area contributed by atoms with Crippen LogP contribution in [0.3, 0.4) is 0 Å². The number of benzene rings is 1. The fraction of sp³-hybridized carbons (Fsp3) is 0.389. The molecule has 1 aliphatic heterocycles. The van der Waals surface area contributed by atoms with E-state index >= 15 is 0 Å². The fourth-order valence-corrected chi connectivity index (χ4v) is 4.04. The predicted molar refractivity (Wildman–Crippen MR) is 80.3 cm³/mol. The lowest BCUT2D eigenvalue weighted by atomic mass is 9.94. The van der Waals surface area contributed by atoms with Crippen molar-refractivity contribution in [3.05, 3.63) is 66.0 Å². The van der Waals surface area contributed by atoms with Gasteiger partial charge in [0.25, 0.3) is 0 Å². The summed E-state index contributed by atoms with van der Waals surface area (Å²) >= 11 is 0. The van der Waals surface area contributed by atoms with Crippen LogP contribution in [0.25, 0.3) is 0 Å². The molecule has 2 aliphatic rings. The van der Waals surface area contributed by atoms with Crippen molar-refractivity contribution in [3.8, 4) is 0 Å². The maximum atomic E-state index is 4.29. The van der Waals surface area contributed by atoms with Crippen molar-refractivity contribution in [2.75, 3.05) is 13.1 Å². The average Bonchev–Trinajstić information content (AvgIpc) is 2.87. The van der Waals surface area contributed by atoms with E-state index < -0.39 is 0 Å². The van der Waals surface area contributed by atoms with Gasteiger partial charge in [-0.2, -0.15) is 0 Å². The summed E-state index contributed by atoms with van der Waals surface area (Å²) < 4.78 is 0. The second-order valence-electron chi connectivity index (χ2n) is 6.42. The quantitative estimate of drug-likeness (QED) is 0.847.